The number of amides is 1. The molecule has 0 saturated heterocycles. The van der Waals surface area contributed by atoms with Gasteiger partial charge in [-0.25, -0.2) is 0 Å². The van der Waals surface area contributed by atoms with Crippen molar-refractivity contribution in [2.75, 3.05) is 27.2 Å². The van der Waals surface area contributed by atoms with Gasteiger partial charge in [0.2, 0.25) is 0 Å². The van der Waals surface area contributed by atoms with Crippen molar-refractivity contribution in [1.82, 2.24) is 14.8 Å². The van der Waals surface area contributed by atoms with E-state index in [9.17, 15) is 4.79 Å². The molecule has 3 aliphatic rings. The van der Waals surface area contributed by atoms with Crippen molar-refractivity contribution in [3.05, 3.63) is 35.0 Å². The number of aryl methyl sites for hydroxylation is 1. The summed E-state index contributed by atoms with van der Waals surface area (Å²) in [6.45, 7) is 2.73. The van der Waals surface area contributed by atoms with E-state index in [4.69, 9.17) is 11.6 Å². The minimum atomic E-state index is 0.0398. The Morgan fingerprint density at radius 3 is 2.90 bits per heavy atom. The van der Waals surface area contributed by atoms with Crippen molar-refractivity contribution in [3.63, 3.8) is 0 Å². The summed E-state index contributed by atoms with van der Waals surface area (Å²) in [5.41, 5.74) is 2.12. The Morgan fingerprint density at radius 2 is 2.06 bits per heavy atom. The van der Waals surface area contributed by atoms with Crippen LogP contribution in [0.3, 0.4) is 0 Å². The normalized spacial score (nSPS) is 29.6. The van der Waals surface area contributed by atoms with Crippen LogP contribution < -0.4 is 5.32 Å². The van der Waals surface area contributed by atoms with Gasteiger partial charge in [-0.15, -0.1) is 0 Å². The fourth-order valence-corrected chi connectivity index (χ4v) is 7.40. The summed E-state index contributed by atoms with van der Waals surface area (Å²) < 4.78 is 2.20. The summed E-state index contributed by atoms with van der Waals surface area (Å²) in [6.07, 6.45) is 12.7. The second-order valence-electron chi connectivity index (χ2n) is 10.9. The number of carbonyl (C=O) groups excluding carboxylic acids is 1. The van der Waals surface area contributed by atoms with E-state index in [0.29, 0.717) is 10.4 Å². The average Bonchev–Trinajstić information content (AvgIpc) is 3.17. The molecule has 168 valence electrons. The van der Waals surface area contributed by atoms with Gasteiger partial charge in [-0.1, -0.05) is 36.9 Å². The van der Waals surface area contributed by atoms with Gasteiger partial charge < -0.3 is 14.8 Å². The first kappa shape index (κ1) is 21.3. The van der Waals surface area contributed by atoms with E-state index in [2.05, 4.69) is 34.9 Å². The first-order valence-corrected chi connectivity index (χ1v) is 12.5. The van der Waals surface area contributed by atoms with Crippen LogP contribution in [0.5, 0.6) is 0 Å². The molecule has 3 aliphatic carbocycles. The molecule has 4 unspecified atom stereocenters. The van der Waals surface area contributed by atoms with Crippen LogP contribution in [0.15, 0.2) is 24.4 Å². The second-order valence-corrected chi connectivity index (χ2v) is 11.3. The van der Waals surface area contributed by atoms with E-state index < -0.39 is 0 Å². The minimum Gasteiger partial charge on any atom is -0.351 e. The summed E-state index contributed by atoms with van der Waals surface area (Å²) in [7, 11) is 4.19. The zero-order valence-electron chi connectivity index (χ0n) is 19.0. The molecule has 0 radical (unpaired) electrons. The topological polar surface area (TPSA) is 37.3 Å². The fraction of sp³-hybridized carbons (Fsp3) is 0.654. The molecule has 4 atom stereocenters. The lowest BCUT2D eigenvalue weighted by Crippen LogP contribution is -2.39. The number of hydrogen-bond donors (Lipinski definition) is 1. The summed E-state index contributed by atoms with van der Waals surface area (Å²) >= 11 is 6.58. The highest BCUT2D eigenvalue weighted by atomic mass is 35.5. The molecule has 1 aromatic carbocycles. The summed E-state index contributed by atoms with van der Waals surface area (Å²) in [6, 6.07) is 5.96. The molecule has 1 aromatic heterocycles. The van der Waals surface area contributed by atoms with Gasteiger partial charge in [-0.3, -0.25) is 4.79 Å². The number of nitrogens with zero attached hydrogens (tertiary/aromatic N) is 2. The van der Waals surface area contributed by atoms with Crippen LogP contribution in [0.4, 0.5) is 0 Å². The number of benzene rings is 1. The predicted molar refractivity (Wildman–Crippen MR) is 128 cm³/mol. The van der Waals surface area contributed by atoms with Gasteiger partial charge in [0.1, 0.15) is 0 Å². The lowest BCUT2D eigenvalue weighted by Gasteiger charge is -2.38. The third kappa shape index (κ3) is 4.14. The monoisotopic (exact) mass is 441 g/mol. The molecular formula is C26H36ClN3O. The molecule has 3 bridgehead atoms. The highest BCUT2D eigenvalue weighted by molar-refractivity contribution is 6.36. The van der Waals surface area contributed by atoms with Crippen LogP contribution in [0, 0.1) is 23.2 Å². The maximum atomic E-state index is 13.4. The second kappa shape index (κ2) is 8.44. The zero-order chi connectivity index (χ0) is 21.6. The third-order valence-corrected chi connectivity index (χ3v) is 8.65. The molecule has 0 aliphatic heterocycles. The van der Waals surface area contributed by atoms with Gasteiger partial charge in [-0.2, -0.15) is 0 Å². The molecule has 1 N–H and O–H groups in total. The van der Waals surface area contributed by atoms with E-state index in [1.165, 1.54) is 44.9 Å². The van der Waals surface area contributed by atoms with Crippen molar-refractivity contribution in [2.45, 2.75) is 57.9 Å². The van der Waals surface area contributed by atoms with Crippen LogP contribution >= 0.6 is 11.6 Å². The molecule has 4 nitrogen and oxygen atoms in total. The van der Waals surface area contributed by atoms with E-state index in [1.54, 1.807) is 0 Å². The molecule has 1 amide bonds. The van der Waals surface area contributed by atoms with Crippen molar-refractivity contribution in [3.8, 4) is 0 Å². The predicted octanol–water partition coefficient (Wildman–Crippen LogP) is 5.58. The van der Waals surface area contributed by atoms with Crippen molar-refractivity contribution in [2.24, 2.45) is 23.2 Å². The molecule has 0 spiro atoms. The van der Waals surface area contributed by atoms with E-state index >= 15 is 0 Å². The van der Waals surface area contributed by atoms with E-state index in [-0.39, 0.29) is 5.91 Å². The Morgan fingerprint density at radius 1 is 1.23 bits per heavy atom. The Bertz CT molecular complexity index is 963. The zero-order valence-corrected chi connectivity index (χ0v) is 19.8. The smallest absolute Gasteiger partial charge is 0.253 e. The quantitative estimate of drug-likeness (QED) is 0.608. The summed E-state index contributed by atoms with van der Waals surface area (Å²) in [5.74, 6) is 2.73. The number of rotatable bonds is 7. The van der Waals surface area contributed by atoms with Gasteiger partial charge in [0, 0.05) is 24.7 Å². The Balaban J connectivity index is 1.34. The van der Waals surface area contributed by atoms with Crippen LogP contribution in [-0.2, 0) is 6.54 Å². The first-order chi connectivity index (χ1) is 14.9. The first-order valence-electron chi connectivity index (χ1n) is 12.1. The largest absolute Gasteiger partial charge is 0.351 e. The SMILES string of the molecule is CN(C)CCCn1cc(C(=O)NCC23CC4CCCC(C2)C(C4)C3)c2c(Cl)cccc21. The summed E-state index contributed by atoms with van der Waals surface area (Å²) in [5, 5.41) is 4.93. The van der Waals surface area contributed by atoms with Crippen LogP contribution in [0.25, 0.3) is 10.9 Å². The third-order valence-electron chi connectivity index (χ3n) is 8.33. The number of hydrogen-bond acceptors (Lipinski definition) is 2. The molecule has 1 heterocycles. The number of carbonyl (C=O) groups is 1. The van der Waals surface area contributed by atoms with E-state index in [0.717, 1.165) is 60.3 Å². The number of aromatic nitrogens is 1. The van der Waals surface area contributed by atoms with Crippen molar-refractivity contribution in [1.29, 1.82) is 0 Å². The van der Waals surface area contributed by atoms with Gasteiger partial charge in [0.05, 0.1) is 16.1 Å². The molecule has 5 rings (SSSR count). The molecule has 3 fully saturated rings. The molecule has 2 aromatic rings. The summed E-state index contributed by atoms with van der Waals surface area (Å²) in [4.78, 5) is 15.6. The molecule has 31 heavy (non-hydrogen) atoms. The van der Waals surface area contributed by atoms with Gasteiger partial charge in [0.15, 0.2) is 0 Å². The highest BCUT2D eigenvalue weighted by Gasteiger charge is 2.51. The molecular weight excluding hydrogens is 406 g/mol. The average molecular weight is 442 g/mol. The lowest BCUT2D eigenvalue weighted by atomic mass is 9.69. The van der Waals surface area contributed by atoms with Crippen LogP contribution in [0.2, 0.25) is 5.02 Å². The molecule has 3 saturated carbocycles. The Hall–Kier alpha value is -1.52. The van der Waals surface area contributed by atoms with Crippen LogP contribution in [0.1, 0.15) is 61.7 Å². The van der Waals surface area contributed by atoms with Gasteiger partial charge >= 0.3 is 0 Å². The number of nitrogens with one attached hydrogen (secondary N) is 1. The van der Waals surface area contributed by atoms with Gasteiger partial charge in [-0.05, 0) is 88.0 Å². The maximum Gasteiger partial charge on any atom is 0.253 e. The number of fused-ring (bicyclic) bond motifs is 3. The van der Waals surface area contributed by atoms with Crippen LogP contribution in [-0.4, -0.2) is 42.6 Å². The Labute approximate surface area is 191 Å². The highest BCUT2D eigenvalue weighted by Crippen LogP contribution is 2.59. The van der Waals surface area contributed by atoms with Gasteiger partial charge in [0.25, 0.3) is 5.91 Å². The Kier molecular flexibility index (Phi) is 5.81. The maximum absolute atomic E-state index is 13.4. The van der Waals surface area contributed by atoms with Crippen molar-refractivity contribution < 1.29 is 4.79 Å². The van der Waals surface area contributed by atoms with Crippen molar-refractivity contribution >= 4 is 28.4 Å². The number of halogens is 1. The van der Waals surface area contributed by atoms with E-state index in [1.807, 2.05) is 18.3 Å². The lowest BCUT2D eigenvalue weighted by molar-refractivity contribution is 0.0892. The minimum absolute atomic E-state index is 0.0398. The standard InChI is InChI=1S/C26H36ClN3O/c1-29(2)10-5-11-30-16-21(24-22(27)8-4-9-23(24)30)25(31)28-17-26-13-18-6-3-7-19(14-26)20(12-18)15-26/h4,8-9,16,18-20H,3,5-7,10-15,17H2,1-2H3,(H,28,31). The fourth-order valence-electron chi connectivity index (χ4n) is 7.12. The molecule has 5 heteroatoms.